The Bertz CT molecular complexity index is 801. The largest absolute Gasteiger partial charge is 0.662 e. The topological polar surface area (TPSA) is 47.3 Å². The van der Waals surface area contributed by atoms with Gasteiger partial charge in [-0.1, -0.05) is 25.0 Å². The molecule has 2 aliphatic heterocycles. The molecule has 1 radical (unpaired) electrons. The van der Waals surface area contributed by atoms with Gasteiger partial charge in [0.25, 0.3) is 0 Å². The van der Waals surface area contributed by atoms with E-state index in [0.29, 0.717) is 18.1 Å². The van der Waals surface area contributed by atoms with Crippen LogP contribution in [0.5, 0.6) is 0 Å². The van der Waals surface area contributed by atoms with E-state index in [1.54, 1.807) is 0 Å². The third-order valence-corrected chi connectivity index (χ3v) is 6.25. The summed E-state index contributed by atoms with van der Waals surface area (Å²) in [5.74, 6) is 0.993. The van der Waals surface area contributed by atoms with Gasteiger partial charge >= 0.3 is 0 Å². The van der Waals surface area contributed by atoms with Crippen molar-refractivity contribution >= 4 is 30.6 Å². The number of fused-ring (bicyclic) bond motifs is 1. The predicted molar refractivity (Wildman–Crippen MR) is 127 cm³/mol. The van der Waals surface area contributed by atoms with E-state index in [1.165, 1.54) is 16.7 Å². The summed E-state index contributed by atoms with van der Waals surface area (Å²) < 4.78 is 0. The van der Waals surface area contributed by atoms with Gasteiger partial charge in [-0.05, 0) is 60.1 Å². The van der Waals surface area contributed by atoms with Crippen LogP contribution in [0.1, 0.15) is 52.7 Å². The van der Waals surface area contributed by atoms with Crippen LogP contribution < -0.4 is 0 Å². The second-order valence-electron chi connectivity index (χ2n) is 8.19. The number of ketones is 1. The molecule has 1 fully saturated rings. The first kappa shape index (κ1) is 29.0. The molecule has 0 spiro atoms. The molecule has 7 heteroatoms. The van der Waals surface area contributed by atoms with E-state index >= 15 is 0 Å². The van der Waals surface area contributed by atoms with E-state index < -0.39 is 0 Å². The van der Waals surface area contributed by atoms with Crippen molar-refractivity contribution in [3.05, 3.63) is 70.3 Å². The number of rotatable bonds is 6. The Morgan fingerprint density at radius 3 is 2.39 bits per heavy atom. The molecule has 2 aliphatic rings. The van der Waals surface area contributed by atoms with Crippen LogP contribution in [0, 0.1) is 50.0 Å². The number of carbonyl (C=O) groups is 1. The number of halogens is 2. The Morgan fingerprint density at radius 1 is 1.00 bits per heavy atom. The number of Topliss-reactive ketones (excluding diaryl/α,β-unsaturated/α-hetero) is 1. The van der Waals surface area contributed by atoms with Crippen LogP contribution >= 0.6 is 24.8 Å². The number of benzene rings is 1. The minimum absolute atomic E-state index is 0. The van der Waals surface area contributed by atoms with Crippen molar-refractivity contribution in [1.29, 1.82) is 0 Å². The number of aromatic nitrogens is 1. The second kappa shape index (κ2) is 15.0. The van der Waals surface area contributed by atoms with Gasteiger partial charge in [0.15, 0.2) is 5.78 Å². The maximum absolute atomic E-state index is 12.7. The van der Waals surface area contributed by atoms with Gasteiger partial charge in [0.05, 0.1) is 0 Å². The van der Waals surface area contributed by atoms with Crippen LogP contribution in [0.4, 0.5) is 0 Å². The third kappa shape index (κ3) is 8.69. The van der Waals surface area contributed by atoms with Crippen molar-refractivity contribution in [3.63, 3.8) is 0 Å². The summed E-state index contributed by atoms with van der Waals surface area (Å²) in [6.07, 6.45) is 9.81. The fourth-order valence-electron chi connectivity index (χ4n) is 4.42. The van der Waals surface area contributed by atoms with Crippen molar-refractivity contribution in [1.82, 2.24) is 9.88 Å². The number of hydrogen-bond acceptors (Lipinski definition) is 3. The summed E-state index contributed by atoms with van der Waals surface area (Å²) >= 11 is 0. The molecule has 4 rings (SSSR count). The van der Waals surface area contributed by atoms with Gasteiger partial charge in [-0.25, -0.2) is 0 Å². The summed E-state index contributed by atoms with van der Waals surface area (Å²) in [6.45, 7) is 5.03. The summed E-state index contributed by atoms with van der Waals surface area (Å²) in [4.78, 5) is 19.3. The van der Waals surface area contributed by atoms with E-state index in [4.69, 9.17) is 0 Å². The van der Waals surface area contributed by atoms with Crippen molar-refractivity contribution in [2.45, 2.75) is 45.1 Å². The van der Waals surface area contributed by atoms with Crippen LogP contribution in [-0.4, -0.2) is 41.8 Å². The molecule has 1 saturated heterocycles. The summed E-state index contributed by atoms with van der Waals surface area (Å²) in [5.41, 5.74) is 4.98. The fourth-order valence-corrected chi connectivity index (χ4v) is 4.42. The zero-order chi connectivity index (χ0) is 19.2. The maximum atomic E-state index is 12.7. The molecule has 0 atom stereocenters. The van der Waals surface area contributed by atoms with Gasteiger partial charge < -0.3 is 5.32 Å². The Hall–Kier alpha value is -0.0184. The van der Waals surface area contributed by atoms with Crippen molar-refractivity contribution in [2.24, 2.45) is 5.92 Å². The SMILES string of the molecule is Cl.Cl.O=C(CCC1CC[N-]CC1)c1ccc2c(c1)CCN(Cc1ccncc1)CC2.[Ac]. The van der Waals surface area contributed by atoms with Crippen molar-refractivity contribution in [2.75, 3.05) is 26.2 Å². The summed E-state index contributed by atoms with van der Waals surface area (Å²) in [7, 11) is 0. The Balaban J connectivity index is 0.00000160. The molecule has 3 heterocycles. The smallest absolute Gasteiger partial charge is 0.162 e. The molecule has 2 aromatic rings. The molecular weight excluding hydrogens is 644 g/mol. The van der Waals surface area contributed by atoms with Gasteiger partial charge in [-0.3, -0.25) is 14.7 Å². The number of nitrogens with zero attached hydrogens (tertiary/aromatic N) is 3. The molecule has 1 aromatic heterocycles. The van der Waals surface area contributed by atoms with E-state index in [-0.39, 0.29) is 68.9 Å². The summed E-state index contributed by atoms with van der Waals surface area (Å²) in [5, 5.41) is 4.41. The van der Waals surface area contributed by atoms with Crippen LogP contribution in [0.15, 0.2) is 42.7 Å². The van der Waals surface area contributed by atoms with Crippen molar-refractivity contribution < 1.29 is 48.9 Å². The van der Waals surface area contributed by atoms with E-state index in [9.17, 15) is 4.79 Å². The van der Waals surface area contributed by atoms with Crippen molar-refractivity contribution in [3.8, 4) is 0 Å². The molecule has 167 valence electrons. The van der Waals surface area contributed by atoms with Crippen LogP contribution in [-0.2, 0) is 19.4 Å². The van der Waals surface area contributed by atoms with Crippen LogP contribution in [0.2, 0.25) is 0 Å². The minimum atomic E-state index is 0. The quantitative estimate of drug-likeness (QED) is 0.392. The zero-order valence-corrected chi connectivity index (χ0v) is 24.4. The number of pyridine rings is 1. The number of hydrogen-bond donors (Lipinski definition) is 0. The molecule has 0 saturated carbocycles. The number of piperidine rings is 1. The van der Waals surface area contributed by atoms with Gasteiger partial charge in [-0.2, -0.15) is 0 Å². The fraction of sp³-hybridized carbons (Fsp3) is 0.500. The molecule has 4 nitrogen and oxygen atoms in total. The zero-order valence-electron chi connectivity index (χ0n) is 18.0. The first-order chi connectivity index (χ1) is 13.8. The van der Waals surface area contributed by atoms with Gasteiger partial charge in [0.1, 0.15) is 0 Å². The first-order valence-corrected chi connectivity index (χ1v) is 10.7. The Kier molecular flexibility index (Phi) is 14.0. The molecule has 0 unspecified atom stereocenters. The predicted octanol–water partition coefficient (Wildman–Crippen LogP) is 5.27. The Morgan fingerprint density at radius 2 is 1.68 bits per heavy atom. The van der Waals surface area contributed by atoms with Gasteiger partial charge in [0.2, 0.25) is 0 Å². The van der Waals surface area contributed by atoms with E-state index in [2.05, 4.69) is 45.5 Å². The average Bonchev–Trinajstić information content (AvgIpc) is 2.95. The van der Waals surface area contributed by atoms with E-state index in [0.717, 1.165) is 70.4 Å². The standard InChI is InChI=1S/C24H30N3O.Ac.2ClH/c28-24(4-1-19-5-11-25-12-6-19)23-3-2-21-9-15-27(16-10-22(21)17-23)18-20-7-13-26-14-8-20;;;/h2-3,7-8,13-14,17,19H,1,4-6,9-12,15-16,18H2;;2*1H/q-1;;;. The molecule has 0 amide bonds. The molecule has 0 bridgehead atoms. The maximum Gasteiger partial charge on any atom is 0.162 e. The summed E-state index contributed by atoms with van der Waals surface area (Å²) in [6, 6.07) is 10.6. The average molecular weight is 676 g/mol. The monoisotopic (exact) mass is 675 g/mol. The molecule has 31 heavy (non-hydrogen) atoms. The molecule has 0 N–H and O–H groups in total. The molecular formula is C24H32AcCl2N3O-. The van der Waals surface area contributed by atoms with Crippen LogP contribution in [0.25, 0.3) is 5.32 Å². The second-order valence-corrected chi connectivity index (χ2v) is 8.19. The first-order valence-electron chi connectivity index (χ1n) is 10.7. The van der Waals surface area contributed by atoms with Gasteiger partial charge in [-0.15, -0.1) is 37.9 Å². The van der Waals surface area contributed by atoms with E-state index in [1.807, 2.05) is 12.4 Å². The number of carbonyl (C=O) groups excluding carboxylic acids is 1. The third-order valence-electron chi connectivity index (χ3n) is 6.25. The molecule has 1 aromatic carbocycles. The van der Waals surface area contributed by atoms with Crippen LogP contribution in [0.3, 0.4) is 0 Å². The molecule has 0 aliphatic carbocycles. The van der Waals surface area contributed by atoms with Gasteiger partial charge in [0, 0.05) is 88.1 Å². The minimum Gasteiger partial charge on any atom is -0.662 e. The Labute approximate surface area is 234 Å². The normalized spacial score (nSPS) is 16.6.